The number of nitrogens with one attached hydrogen (secondary N) is 1. The molecule has 1 aromatic heterocycles. The van der Waals surface area contributed by atoms with Crippen molar-refractivity contribution in [2.24, 2.45) is 17.8 Å². The number of rotatable bonds is 6. The number of hydrogen-bond acceptors (Lipinski definition) is 3. The van der Waals surface area contributed by atoms with E-state index in [1.807, 2.05) is 0 Å². The van der Waals surface area contributed by atoms with Gasteiger partial charge >= 0.3 is 0 Å². The number of benzene rings is 1. The molecule has 0 aliphatic carbocycles. The van der Waals surface area contributed by atoms with Gasteiger partial charge in [0.2, 0.25) is 0 Å². The van der Waals surface area contributed by atoms with Crippen molar-refractivity contribution in [2.45, 2.75) is 40.7 Å². The maximum absolute atomic E-state index is 4.74. The number of nitrogens with zero attached hydrogens (tertiary/aromatic N) is 1. The Bertz CT molecular complexity index is 504. The summed E-state index contributed by atoms with van der Waals surface area (Å²) in [5, 5.41) is 4.86. The van der Waals surface area contributed by atoms with Crippen LogP contribution in [0.5, 0.6) is 0 Å². The van der Waals surface area contributed by atoms with E-state index in [0.717, 1.165) is 12.1 Å². The lowest BCUT2D eigenvalue weighted by molar-refractivity contribution is 0.268. The Balaban J connectivity index is 2.02. The van der Waals surface area contributed by atoms with E-state index in [9.17, 15) is 0 Å². The average molecular weight is 290 g/mol. The van der Waals surface area contributed by atoms with Crippen molar-refractivity contribution in [2.75, 3.05) is 6.54 Å². The third-order valence-electron chi connectivity index (χ3n) is 4.05. The zero-order chi connectivity index (χ0) is 14.7. The van der Waals surface area contributed by atoms with Crippen LogP contribution in [0.3, 0.4) is 0 Å². The van der Waals surface area contributed by atoms with Gasteiger partial charge in [0, 0.05) is 0 Å². The predicted octanol–water partition coefficient (Wildman–Crippen LogP) is 4.88. The van der Waals surface area contributed by atoms with E-state index >= 15 is 0 Å². The van der Waals surface area contributed by atoms with Gasteiger partial charge in [0.25, 0.3) is 0 Å². The van der Waals surface area contributed by atoms with Crippen LogP contribution in [0.4, 0.5) is 0 Å². The molecule has 20 heavy (non-hydrogen) atoms. The van der Waals surface area contributed by atoms with Gasteiger partial charge in [-0.25, -0.2) is 4.98 Å². The van der Waals surface area contributed by atoms with Crippen molar-refractivity contribution in [3.63, 3.8) is 0 Å². The fourth-order valence-corrected chi connectivity index (χ4v) is 3.71. The second-order valence-corrected chi connectivity index (χ2v) is 7.36. The molecule has 0 spiro atoms. The van der Waals surface area contributed by atoms with E-state index in [4.69, 9.17) is 4.98 Å². The van der Waals surface area contributed by atoms with Crippen molar-refractivity contribution in [1.29, 1.82) is 0 Å². The molecule has 2 aromatic rings. The van der Waals surface area contributed by atoms with Gasteiger partial charge in [0.05, 0.1) is 16.3 Å². The molecular weight excluding hydrogens is 264 g/mol. The molecule has 110 valence electrons. The van der Waals surface area contributed by atoms with Crippen LogP contribution in [0.15, 0.2) is 24.3 Å². The molecule has 0 aliphatic rings. The first-order valence-electron chi connectivity index (χ1n) is 7.58. The Morgan fingerprint density at radius 1 is 1.05 bits per heavy atom. The maximum atomic E-state index is 4.74. The molecule has 0 fully saturated rings. The highest BCUT2D eigenvalue weighted by molar-refractivity contribution is 7.18. The van der Waals surface area contributed by atoms with Gasteiger partial charge < -0.3 is 5.32 Å². The monoisotopic (exact) mass is 290 g/mol. The van der Waals surface area contributed by atoms with Gasteiger partial charge in [0.1, 0.15) is 5.01 Å². The van der Waals surface area contributed by atoms with Crippen LogP contribution in [0.2, 0.25) is 0 Å². The quantitative estimate of drug-likeness (QED) is 0.820. The average Bonchev–Trinajstić information content (AvgIpc) is 2.81. The van der Waals surface area contributed by atoms with Crippen LogP contribution in [0.1, 0.15) is 45.7 Å². The Labute approximate surface area is 126 Å². The summed E-state index contributed by atoms with van der Waals surface area (Å²) >= 11 is 1.80. The summed E-state index contributed by atoms with van der Waals surface area (Å²) in [7, 11) is 0. The SMILES string of the molecule is CC(NCC(C(C)C)C(C)C)c1nc2ccccc2s1. The second-order valence-electron chi connectivity index (χ2n) is 6.30. The van der Waals surface area contributed by atoms with E-state index in [1.54, 1.807) is 11.3 Å². The van der Waals surface area contributed by atoms with Crippen LogP contribution in [-0.4, -0.2) is 11.5 Å². The highest BCUT2D eigenvalue weighted by Crippen LogP contribution is 2.27. The molecule has 2 nitrogen and oxygen atoms in total. The van der Waals surface area contributed by atoms with Gasteiger partial charge in [-0.05, 0) is 43.4 Å². The van der Waals surface area contributed by atoms with Crippen molar-refractivity contribution < 1.29 is 0 Å². The smallest absolute Gasteiger partial charge is 0.111 e. The molecule has 0 amide bonds. The summed E-state index contributed by atoms with van der Waals surface area (Å²) in [6.07, 6.45) is 0. The van der Waals surface area contributed by atoms with Crippen LogP contribution in [-0.2, 0) is 0 Å². The normalized spacial score (nSPS) is 13.8. The lowest BCUT2D eigenvalue weighted by Gasteiger charge is -2.26. The Morgan fingerprint density at radius 3 is 2.30 bits per heavy atom. The number of fused-ring (bicyclic) bond motifs is 1. The summed E-state index contributed by atoms with van der Waals surface area (Å²) in [6.45, 7) is 12.5. The summed E-state index contributed by atoms with van der Waals surface area (Å²) < 4.78 is 1.28. The maximum Gasteiger partial charge on any atom is 0.111 e. The van der Waals surface area contributed by atoms with Crippen LogP contribution in [0, 0.1) is 17.8 Å². The largest absolute Gasteiger partial charge is 0.308 e. The number of thiazole rings is 1. The van der Waals surface area contributed by atoms with E-state index < -0.39 is 0 Å². The zero-order valence-electron chi connectivity index (χ0n) is 13.2. The molecule has 2 rings (SSSR count). The third-order valence-corrected chi connectivity index (χ3v) is 5.27. The minimum atomic E-state index is 0.326. The Morgan fingerprint density at radius 2 is 1.70 bits per heavy atom. The number of hydrogen-bond donors (Lipinski definition) is 1. The molecule has 1 N–H and O–H groups in total. The summed E-state index contributed by atoms with van der Waals surface area (Å²) in [6, 6.07) is 8.70. The fraction of sp³-hybridized carbons (Fsp3) is 0.588. The van der Waals surface area contributed by atoms with Crippen molar-refractivity contribution >= 4 is 21.6 Å². The second kappa shape index (κ2) is 6.68. The lowest BCUT2D eigenvalue weighted by Crippen LogP contribution is -2.31. The predicted molar refractivity (Wildman–Crippen MR) is 89.2 cm³/mol. The van der Waals surface area contributed by atoms with E-state index in [1.165, 1.54) is 9.71 Å². The van der Waals surface area contributed by atoms with Crippen molar-refractivity contribution in [3.8, 4) is 0 Å². The molecule has 0 aliphatic heterocycles. The molecule has 1 heterocycles. The van der Waals surface area contributed by atoms with Gasteiger partial charge in [-0.2, -0.15) is 0 Å². The van der Waals surface area contributed by atoms with E-state index in [-0.39, 0.29) is 0 Å². The van der Waals surface area contributed by atoms with E-state index in [2.05, 4.69) is 64.2 Å². The topological polar surface area (TPSA) is 24.9 Å². The van der Waals surface area contributed by atoms with Gasteiger partial charge in [-0.1, -0.05) is 39.8 Å². The summed E-state index contributed by atoms with van der Waals surface area (Å²) in [4.78, 5) is 4.74. The molecule has 0 saturated carbocycles. The number of aromatic nitrogens is 1. The minimum Gasteiger partial charge on any atom is -0.308 e. The van der Waals surface area contributed by atoms with Gasteiger partial charge in [0.15, 0.2) is 0 Å². The van der Waals surface area contributed by atoms with Crippen LogP contribution in [0.25, 0.3) is 10.2 Å². The van der Waals surface area contributed by atoms with Gasteiger partial charge in [-0.15, -0.1) is 11.3 Å². The first-order valence-corrected chi connectivity index (χ1v) is 8.39. The summed E-state index contributed by atoms with van der Waals surface area (Å²) in [5.74, 6) is 2.14. The first kappa shape index (κ1) is 15.5. The Hall–Kier alpha value is -0.930. The van der Waals surface area contributed by atoms with Crippen molar-refractivity contribution in [3.05, 3.63) is 29.3 Å². The third kappa shape index (κ3) is 3.58. The highest BCUT2D eigenvalue weighted by atomic mass is 32.1. The Kier molecular flexibility index (Phi) is 5.17. The molecule has 0 bridgehead atoms. The standard InChI is InChI=1S/C17H26N2S/c1-11(2)14(12(3)4)10-18-13(5)17-19-15-8-6-7-9-16(15)20-17/h6-9,11-14,18H,10H2,1-5H3. The molecular formula is C17H26N2S. The van der Waals surface area contributed by atoms with Crippen LogP contribution < -0.4 is 5.32 Å². The first-order chi connectivity index (χ1) is 9.49. The molecule has 1 aromatic carbocycles. The molecule has 1 unspecified atom stereocenters. The highest BCUT2D eigenvalue weighted by Gasteiger charge is 2.19. The lowest BCUT2D eigenvalue weighted by atomic mass is 9.85. The van der Waals surface area contributed by atoms with Crippen LogP contribution >= 0.6 is 11.3 Å². The van der Waals surface area contributed by atoms with Crippen molar-refractivity contribution in [1.82, 2.24) is 10.3 Å². The minimum absolute atomic E-state index is 0.326. The summed E-state index contributed by atoms with van der Waals surface area (Å²) in [5.41, 5.74) is 1.12. The fourth-order valence-electron chi connectivity index (χ4n) is 2.72. The molecule has 3 heteroatoms. The zero-order valence-corrected chi connectivity index (χ0v) is 14.0. The van der Waals surface area contributed by atoms with E-state index in [0.29, 0.717) is 23.8 Å². The molecule has 1 atom stereocenters. The van der Waals surface area contributed by atoms with Gasteiger partial charge in [-0.3, -0.25) is 0 Å². The molecule has 0 saturated heterocycles. The number of para-hydroxylation sites is 1. The molecule has 0 radical (unpaired) electrons.